The summed E-state index contributed by atoms with van der Waals surface area (Å²) in [4.78, 5) is 60.8. The first-order chi connectivity index (χ1) is 28.9. The zero-order valence-corrected chi connectivity index (χ0v) is 33.5. The summed E-state index contributed by atoms with van der Waals surface area (Å²) in [6.07, 6.45) is 5.54. The lowest BCUT2D eigenvalue weighted by Crippen LogP contribution is -2.47. The quantitative estimate of drug-likeness (QED) is 0.112. The van der Waals surface area contributed by atoms with Crippen molar-refractivity contribution in [3.63, 3.8) is 0 Å². The maximum absolute atomic E-state index is 14.3. The van der Waals surface area contributed by atoms with Crippen LogP contribution in [0.25, 0.3) is 44.4 Å². The smallest absolute Gasteiger partial charge is 0.407 e. The summed E-state index contributed by atoms with van der Waals surface area (Å²) in [6, 6.07) is 30.8. The van der Waals surface area contributed by atoms with E-state index in [2.05, 4.69) is 97.5 Å². The molecule has 0 aliphatic carbocycles. The lowest BCUT2D eigenvalue weighted by Gasteiger charge is -2.36. The molecule has 2 aliphatic rings. The Hall–Kier alpha value is -6.31. The van der Waals surface area contributed by atoms with Crippen molar-refractivity contribution in [2.45, 2.75) is 44.8 Å². The largest absolute Gasteiger partial charge is 0.453 e. The molecule has 2 fully saturated rings. The van der Waals surface area contributed by atoms with Gasteiger partial charge >= 0.3 is 6.09 Å². The summed E-state index contributed by atoms with van der Waals surface area (Å²) >= 11 is 0. The molecular formula is C46H50N8O5. The molecule has 2 aromatic heterocycles. The van der Waals surface area contributed by atoms with Crippen LogP contribution < -0.4 is 5.32 Å². The second kappa shape index (κ2) is 18.1. The van der Waals surface area contributed by atoms with Crippen LogP contribution in [0.3, 0.4) is 0 Å². The first-order valence-corrected chi connectivity index (χ1v) is 20.4. The molecule has 2 atom stereocenters. The first kappa shape index (κ1) is 39.5. The van der Waals surface area contributed by atoms with Gasteiger partial charge in [-0.05, 0) is 64.4 Å². The van der Waals surface area contributed by atoms with E-state index in [-0.39, 0.29) is 30.4 Å². The molecule has 59 heavy (non-hydrogen) atoms. The summed E-state index contributed by atoms with van der Waals surface area (Å²) in [5.41, 5.74) is 7.01. The number of hydrogen-bond acceptors (Lipinski definition) is 8. The number of H-pyrrole nitrogens is 2. The van der Waals surface area contributed by atoms with E-state index in [1.807, 2.05) is 47.6 Å². The molecule has 4 aromatic carbocycles. The Kier molecular flexibility index (Phi) is 12.1. The van der Waals surface area contributed by atoms with Crippen LogP contribution >= 0.6 is 0 Å². The van der Waals surface area contributed by atoms with Crippen molar-refractivity contribution >= 4 is 28.7 Å². The van der Waals surface area contributed by atoms with Crippen LogP contribution in [0.4, 0.5) is 4.79 Å². The Morgan fingerprint density at radius 2 is 1.53 bits per heavy atom. The molecule has 13 nitrogen and oxygen atoms in total. The molecule has 6 aromatic rings. The normalized spacial score (nSPS) is 16.2. The van der Waals surface area contributed by atoms with Gasteiger partial charge in [-0.3, -0.25) is 14.5 Å². The number of ether oxygens (including phenoxy) is 2. The van der Waals surface area contributed by atoms with Crippen molar-refractivity contribution in [3.05, 3.63) is 121 Å². The number of likely N-dealkylation sites (tertiary alicyclic amines) is 1. The van der Waals surface area contributed by atoms with Gasteiger partial charge in [0, 0.05) is 31.7 Å². The number of methoxy groups -OCH3 is 1. The Morgan fingerprint density at radius 3 is 2.27 bits per heavy atom. The Balaban J connectivity index is 0.932. The molecular weight excluding hydrogens is 745 g/mol. The van der Waals surface area contributed by atoms with Gasteiger partial charge in [0.05, 0.1) is 56.7 Å². The van der Waals surface area contributed by atoms with Crippen molar-refractivity contribution in [2.75, 3.05) is 53.0 Å². The number of hydrogen-bond donors (Lipinski definition) is 3. The summed E-state index contributed by atoms with van der Waals surface area (Å²) in [5, 5.41) is 4.72. The van der Waals surface area contributed by atoms with E-state index in [0.29, 0.717) is 45.9 Å². The number of nitrogens with one attached hydrogen (secondary N) is 3. The molecule has 0 radical (unpaired) electrons. The number of alkyl carbamates (subject to hydrolysis) is 1. The standard InChI is InChI=1S/C46H50N8O5/c1-3-19-53(45(56)43(33-8-5-4-6-9-33)52-21-23-59-24-22-52)30-41-47-27-39(50-41)37-18-17-35-25-34(15-16-36(35)26-37)31-11-13-32(14-12-31)38-28-48-44(51-38)40-10-7-20-54(40)42(55)29-49-46(57)58-2/h4-6,8-9,11-18,25-28,40,43H,3,7,10,19-24,29-30H2,1-2H3,(H,47,50)(H,48,51)(H,49,57)/t40-,43?/m0/s1. The summed E-state index contributed by atoms with van der Waals surface area (Å²) in [6.45, 7) is 6.30. The van der Waals surface area contributed by atoms with E-state index in [9.17, 15) is 14.4 Å². The van der Waals surface area contributed by atoms with Gasteiger partial charge < -0.3 is 34.6 Å². The van der Waals surface area contributed by atoms with Crippen LogP contribution in [0, 0.1) is 0 Å². The van der Waals surface area contributed by atoms with Crippen molar-refractivity contribution in [1.82, 2.24) is 40.0 Å². The van der Waals surface area contributed by atoms with Crippen LogP contribution in [0.2, 0.25) is 0 Å². The fourth-order valence-electron chi connectivity index (χ4n) is 8.22. The number of benzene rings is 4. The maximum Gasteiger partial charge on any atom is 0.407 e. The molecule has 1 unspecified atom stereocenters. The van der Waals surface area contributed by atoms with Crippen molar-refractivity contribution in [2.24, 2.45) is 0 Å². The first-order valence-electron chi connectivity index (χ1n) is 20.4. The second-order valence-electron chi connectivity index (χ2n) is 15.1. The average Bonchev–Trinajstić information content (AvgIpc) is 4.08. The van der Waals surface area contributed by atoms with Crippen LogP contribution in [0.5, 0.6) is 0 Å². The highest BCUT2D eigenvalue weighted by atomic mass is 16.5. The number of carbonyl (C=O) groups excluding carboxylic acids is 3. The Labute approximate surface area is 343 Å². The highest BCUT2D eigenvalue weighted by molar-refractivity contribution is 5.91. The highest BCUT2D eigenvalue weighted by Gasteiger charge is 2.33. The molecule has 0 bridgehead atoms. The van der Waals surface area contributed by atoms with Crippen LogP contribution in [0.1, 0.15) is 55.5 Å². The predicted octanol–water partition coefficient (Wildman–Crippen LogP) is 7.12. The number of morpholine rings is 1. The minimum Gasteiger partial charge on any atom is -0.453 e. The number of fused-ring (bicyclic) bond motifs is 1. The molecule has 3 amide bonds. The third kappa shape index (κ3) is 8.91. The van der Waals surface area contributed by atoms with Gasteiger partial charge in [0.1, 0.15) is 24.2 Å². The van der Waals surface area contributed by atoms with Crippen LogP contribution in [-0.4, -0.2) is 106 Å². The van der Waals surface area contributed by atoms with Crippen LogP contribution in [-0.2, 0) is 25.6 Å². The van der Waals surface area contributed by atoms with Crippen molar-refractivity contribution in [1.29, 1.82) is 0 Å². The fourth-order valence-corrected chi connectivity index (χ4v) is 8.22. The maximum atomic E-state index is 14.3. The third-order valence-electron chi connectivity index (χ3n) is 11.3. The van der Waals surface area contributed by atoms with Crippen molar-refractivity contribution < 1.29 is 23.9 Å². The second-order valence-corrected chi connectivity index (χ2v) is 15.1. The van der Waals surface area contributed by atoms with E-state index in [4.69, 9.17) is 9.72 Å². The van der Waals surface area contributed by atoms with E-state index < -0.39 is 6.09 Å². The van der Waals surface area contributed by atoms with Crippen molar-refractivity contribution in [3.8, 4) is 33.6 Å². The van der Waals surface area contributed by atoms with Gasteiger partial charge in [0.2, 0.25) is 11.8 Å². The molecule has 2 aliphatic heterocycles. The van der Waals surface area contributed by atoms with Gasteiger partial charge in [-0.1, -0.05) is 85.8 Å². The third-order valence-corrected chi connectivity index (χ3v) is 11.3. The van der Waals surface area contributed by atoms with Gasteiger partial charge in [-0.15, -0.1) is 0 Å². The molecule has 0 saturated carbocycles. The van der Waals surface area contributed by atoms with E-state index in [0.717, 1.165) is 80.9 Å². The van der Waals surface area contributed by atoms with E-state index in [1.165, 1.54) is 7.11 Å². The minimum absolute atomic E-state index is 0.0820. The number of nitrogens with zero attached hydrogens (tertiary/aromatic N) is 5. The van der Waals surface area contributed by atoms with E-state index >= 15 is 0 Å². The molecule has 3 N–H and O–H groups in total. The summed E-state index contributed by atoms with van der Waals surface area (Å²) < 4.78 is 10.2. The zero-order valence-electron chi connectivity index (χ0n) is 33.5. The molecule has 2 saturated heterocycles. The zero-order chi connectivity index (χ0) is 40.7. The number of imidazole rings is 2. The van der Waals surface area contributed by atoms with Gasteiger partial charge in [-0.2, -0.15) is 0 Å². The number of rotatable bonds is 13. The van der Waals surface area contributed by atoms with Gasteiger partial charge in [-0.25, -0.2) is 14.8 Å². The fraction of sp³-hybridized carbons (Fsp3) is 0.326. The number of aromatic amines is 2. The molecule has 304 valence electrons. The molecule has 8 rings (SSSR count). The number of amides is 3. The summed E-state index contributed by atoms with van der Waals surface area (Å²) in [7, 11) is 1.27. The average molecular weight is 795 g/mol. The number of aromatic nitrogens is 4. The number of carbonyl (C=O) groups is 3. The SMILES string of the molecule is CCCN(Cc1ncc(-c2ccc3cc(-c4ccc(-c5cnc([C@@H]6CCCN6C(=O)CNC(=O)OC)[nH]5)cc4)ccc3c2)[nH]1)C(=O)C(c1ccccc1)N1CCOCC1. The highest BCUT2D eigenvalue weighted by Crippen LogP contribution is 2.33. The summed E-state index contributed by atoms with van der Waals surface area (Å²) in [5.74, 6) is 1.40. The van der Waals surface area contributed by atoms with E-state index in [1.54, 1.807) is 4.90 Å². The molecule has 0 spiro atoms. The lowest BCUT2D eigenvalue weighted by molar-refractivity contribution is -0.140. The Bertz CT molecular complexity index is 2390. The topological polar surface area (TPSA) is 149 Å². The Morgan fingerprint density at radius 1 is 0.847 bits per heavy atom. The van der Waals surface area contributed by atoms with Gasteiger partial charge in [0.15, 0.2) is 0 Å². The minimum atomic E-state index is -0.630. The lowest BCUT2D eigenvalue weighted by atomic mass is 9.98. The molecule has 13 heteroatoms. The predicted molar refractivity (Wildman–Crippen MR) is 226 cm³/mol. The molecule has 4 heterocycles. The van der Waals surface area contributed by atoms with Crippen LogP contribution in [0.15, 0.2) is 103 Å². The monoisotopic (exact) mass is 794 g/mol. The van der Waals surface area contributed by atoms with Gasteiger partial charge in [0.25, 0.3) is 0 Å².